The summed E-state index contributed by atoms with van der Waals surface area (Å²) in [6, 6.07) is 60.5. The van der Waals surface area contributed by atoms with Gasteiger partial charge in [0.25, 0.3) is 0 Å². The highest BCUT2D eigenvalue weighted by atomic mass is 16.3. The Morgan fingerprint density at radius 1 is 0.306 bits per heavy atom. The average molecular weight is 628 g/mol. The number of aromatic nitrogens is 3. The Kier molecular flexibility index (Phi) is 7.10. The standard InChI is InChI=1S/C45H29N3O/c1-4-12-30(13-5-1)35-18-10-19-36(28-35)32-22-24-34(25-23-32)44-46-43(33-16-8-3-9-17-33)47-45(48-44)38-20-11-21-41-42(38)39-29-37(26-27-40(39)49-41)31-14-6-2-7-15-31/h1-29H. The Bertz CT molecular complexity index is 2580. The normalized spacial score (nSPS) is 11.3. The van der Waals surface area contributed by atoms with Crippen LogP contribution in [0.1, 0.15) is 0 Å². The molecule has 0 aliphatic rings. The summed E-state index contributed by atoms with van der Waals surface area (Å²) in [4.78, 5) is 15.2. The van der Waals surface area contributed by atoms with Crippen LogP contribution in [-0.4, -0.2) is 15.0 Å². The fraction of sp³-hybridized carbons (Fsp3) is 0. The summed E-state index contributed by atoms with van der Waals surface area (Å²) in [6.45, 7) is 0. The minimum Gasteiger partial charge on any atom is -0.456 e. The van der Waals surface area contributed by atoms with Gasteiger partial charge in [0.15, 0.2) is 17.5 Å². The quantitative estimate of drug-likeness (QED) is 0.184. The van der Waals surface area contributed by atoms with Crippen LogP contribution >= 0.6 is 0 Å². The van der Waals surface area contributed by atoms with E-state index in [-0.39, 0.29) is 0 Å². The van der Waals surface area contributed by atoms with Crippen molar-refractivity contribution in [3.63, 3.8) is 0 Å². The second-order valence-electron chi connectivity index (χ2n) is 12.1. The maximum atomic E-state index is 6.36. The van der Waals surface area contributed by atoms with E-state index >= 15 is 0 Å². The van der Waals surface area contributed by atoms with Gasteiger partial charge in [-0.25, -0.2) is 15.0 Å². The molecule has 0 radical (unpaired) electrons. The lowest BCUT2D eigenvalue weighted by atomic mass is 9.98. The fourth-order valence-corrected chi connectivity index (χ4v) is 6.49. The molecule has 9 aromatic rings. The highest BCUT2D eigenvalue weighted by Gasteiger charge is 2.18. The third kappa shape index (κ3) is 5.45. The molecule has 7 aromatic carbocycles. The lowest BCUT2D eigenvalue weighted by molar-refractivity contribution is 0.669. The van der Waals surface area contributed by atoms with Crippen LogP contribution in [0.15, 0.2) is 180 Å². The Labute approximate surface area is 284 Å². The third-order valence-corrected chi connectivity index (χ3v) is 8.96. The summed E-state index contributed by atoms with van der Waals surface area (Å²) >= 11 is 0. The molecule has 0 atom stereocenters. The van der Waals surface area contributed by atoms with Crippen molar-refractivity contribution in [1.29, 1.82) is 0 Å². The van der Waals surface area contributed by atoms with E-state index in [9.17, 15) is 0 Å². The predicted octanol–water partition coefficient (Wildman–Crippen LogP) is 11.8. The zero-order chi connectivity index (χ0) is 32.6. The Balaban J connectivity index is 1.17. The van der Waals surface area contributed by atoms with Crippen molar-refractivity contribution in [3.05, 3.63) is 176 Å². The van der Waals surface area contributed by atoms with Gasteiger partial charge in [0.05, 0.1) is 0 Å². The third-order valence-electron chi connectivity index (χ3n) is 8.96. The number of nitrogens with zero attached hydrogens (tertiary/aromatic N) is 3. The van der Waals surface area contributed by atoms with Crippen LogP contribution in [0.25, 0.3) is 89.5 Å². The molecule has 4 nitrogen and oxygen atoms in total. The summed E-state index contributed by atoms with van der Waals surface area (Å²) in [5, 5.41) is 2.01. The van der Waals surface area contributed by atoms with Crippen molar-refractivity contribution in [1.82, 2.24) is 15.0 Å². The van der Waals surface area contributed by atoms with Gasteiger partial charge < -0.3 is 4.42 Å². The highest BCUT2D eigenvalue weighted by Crippen LogP contribution is 2.38. The number of rotatable bonds is 6. The van der Waals surface area contributed by atoms with E-state index < -0.39 is 0 Å². The van der Waals surface area contributed by atoms with E-state index in [1.807, 2.05) is 60.7 Å². The fourth-order valence-electron chi connectivity index (χ4n) is 6.49. The van der Waals surface area contributed by atoms with Crippen LogP contribution in [-0.2, 0) is 0 Å². The van der Waals surface area contributed by atoms with Crippen LogP contribution in [0.4, 0.5) is 0 Å². The topological polar surface area (TPSA) is 51.8 Å². The lowest BCUT2D eigenvalue weighted by Crippen LogP contribution is -2.00. The van der Waals surface area contributed by atoms with Crippen LogP contribution in [0.3, 0.4) is 0 Å². The minimum absolute atomic E-state index is 0.599. The summed E-state index contributed by atoms with van der Waals surface area (Å²) in [7, 11) is 0. The van der Waals surface area contributed by atoms with Gasteiger partial charge in [0.2, 0.25) is 0 Å². The molecule has 2 heterocycles. The van der Waals surface area contributed by atoms with Gasteiger partial charge >= 0.3 is 0 Å². The van der Waals surface area contributed by atoms with Gasteiger partial charge in [-0.05, 0) is 57.6 Å². The summed E-state index contributed by atoms with van der Waals surface area (Å²) in [5.41, 5.74) is 11.3. The molecule has 0 spiro atoms. The highest BCUT2D eigenvalue weighted by molar-refractivity contribution is 6.12. The second kappa shape index (κ2) is 12.2. The molecular formula is C45H29N3O. The lowest BCUT2D eigenvalue weighted by Gasteiger charge is -2.10. The minimum atomic E-state index is 0.599. The summed E-state index contributed by atoms with van der Waals surface area (Å²) in [6.07, 6.45) is 0. The first-order valence-electron chi connectivity index (χ1n) is 16.4. The van der Waals surface area contributed by atoms with Crippen molar-refractivity contribution >= 4 is 21.9 Å². The molecular weight excluding hydrogens is 599 g/mol. The molecule has 0 aliphatic heterocycles. The number of hydrogen-bond acceptors (Lipinski definition) is 4. The van der Waals surface area contributed by atoms with E-state index in [1.165, 1.54) is 11.1 Å². The number of benzene rings is 7. The molecule has 0 saturated carbocycles. The molecule has 0 saturated heterocycles. The summed E-state index contributed by atoms with van der Waals surface area (Å²) < 4.78 is 6.36. The molecule has 0 unspecified atom stereocenters. The van der Waals surface area contributed by atoms with Gasteiger partial charge in [-0.1, -0.05) is 152 Å². The van der Waals surface area contributed by atoms with Crippen molar-refractivity contribution in [2.24, 2.45) is 0 Å². The summed E-state index contributed by atoms with van der Waals surface area (Å²) in [5.74, 6) is 1.83. The van der Waals surface area contributed by atoms with Gasteiger partial charge in [-0.2, -0.15) is 0 Å². The number of hydrogen-bond donors (Lipinski definition) is 0. The molecule has 0 amide bonds. The Hall–Kier alpha value is -6.65. The van der Waals surface area contributed by atoms with E-state index in [4.69, 9.17) is 19.4 Å². The van der Waals surface area contributed by atoms with Crippen LogP contribution < -0.4 is 0 Å². The van der Waals surface area contributed by atoms with Crippen molar-refractivity contribution < 1.29 is 4.42 Å². The second-order valence-corrected chi connectivity index (χ2v) is 12.1. The van der Waals surface area contributed by atoms with Crippen molar-refractivity contribution in [2.45, 2.75) is 0 Å². The van der Waals surface area contributed by atoms with E-state index in [1.54, 1.807) is 0 Å². The first kappa shape index (κ1) is 28.6. The Morgan fingerprint density at radius 2 is 0.755 bits per heavy atom. The van der Waals surface area contributed by atoms with Crippen molar-refractivity contribution in [3.8, 4) is 67.5 Å². The largest absolute Gasteiger partial charge is 0.456 e. The molecule has 0 fully saturated rings. The van der Waals surface area contributed by atoms with Gasteiger partial charge in [0, 0.05) is 27.5 Å². The molecule has 4 heteroatoms. The smallest absolute Gasteiger partial charge is 0.164 e. The van der Waals surface area contributed by atoms with E-state index in [0.717, 1.165) is 60.9 Å². The SMILES string of the molecule is c1ccc(-c2cccc(-c3ccc(-c4nc(-c5ccccc5)nc(-c5cccc6oc7ccc(-c8ccccc8)cc7c56)n4)cc3)c2)cc1. The molecule has 0 bridgehead atoms. The van der Waals surface area contributed by atoms with Gasteiger partial charge in [-0.15, -0.1) is 0 Å². The van der Waals surface area contributed by atoms with Crippen molar-refractivity contribution in [2.75, 3.05) is 0 Å². The molecule has 2 aromatic heterocycles. The predicted molar refractivity (Wildman–Crippen MR) is 200 cm³/mol. The van der Waals surface area contributed by atoms with Crippen LogP contribution in [0.5, 0.6) is 0 Å². The number of furan rings is 1. The van der Waals surface area contributed by atoms with Crippen LogP contribution in [0.2, 0.25) is 0 Å². The van der Waals surface area contributed by atoms with Gasteiger partial charge in [-0.3, -0.25) is 0 Å². The zero-order valence-electron chi connectivity index (χ0n) is 26.5. The zero-order valence-corrected chi connectivity index (χ0v) is 26.5. The molecule has 49 heavy (non-hydrogen) atoms. The molecule has 0 aliphatic carbocycles. The maximum Gasteiger partial charge on any atom is 0.164 e. The first-order valence-corrected chi connectivity index (χ1v) is 16.4. The Morgan fingerprint density at radius 3 is 1.39 bits per heavy atom. The van der Waals surface area contributed by atoms with E-state index in [0.29, 0.717) is 17.5 Å². The maximum absolute atomic E-state index is 6.36. The molecule has 9 rings (SSSR count). The monoisotopic (exact) mass is 627 g/mol. The molecule has 0 N–H and O–H groups in total. The van der Waals surface area contributed by atoms with Crippen LogP contribution in [0, 0.1) is 0 Å². The average Bonchev–Trinajstić information content (AvgIpc) is 3.57. The van der Waals surface area contributed by atoms with E-state index in [2.05, 4.69) is 115 Å². The first-order chi connectivity index (χ1) is 24.3. The number of fused-ring (bicyclic) bond motifs is 3. The molecule has 230 valence electrons. The van der Waals surface area contributed by atoms with Gasteiger partial charge in [0.1, 0.15) is 11.2 Å².